The maximum Gasteiger partial charge on any atom is 0.271 e. The summed E-state index contributed by atoms with van der Waals surface area (Å²) in [6, 6.07) is 19.6. The summed E-state index contributed by atoms with van der Waals surface area (Å²) in [5.74, 6) is -0.543. The molecule has 0 aliphatic rings. The first-order chi connectivity index (χ1) is 16.2. The fourth-order valence-corrected chi connectivity index (χ4v) is 5.31. The van der Waals surface area contributed by atoms with E-state index in [4.69, 9.17) is 4.42 Å². The highest BCUT2D eigenvalue weighted by Crippen LogP contribution is 2.33. The predicted octanol–water partition coefficient (Wildman–Crippen LogP) is 6.14. The largest absolute Gasteiger partial charge is 0.461 e. The van der Waals surface area contributed by atoms with Crippen LogP contribution in [-0.2, 0) is 14.8 Å². The molecular weight excluding hydrogens is 518 g/mol. The summed E-state index contributed by atoms with van der Waals surface area (Å²) in [7, 11) is -4.27. The highest BCUT2D eigenvalue weighted by Gasteiger charge is 2.30. The Morgan fingerprint density at radius 2 is 1.65 bits per heavy atom. The van der Waals surface area contributed by atoms with Crippen LogP contribution in [0.15, 0.2) is 92.7 Å². The molecule has 4 rings (SSSR count). The molecule has 0 aliphatic heterocycles. The van der Waals surface area contributed by atoms with E-state index in [2.05, 4.69) is 15.9 Å². The van der Waals surface area contributed by atoms with Gasteiger partial charge in [0.2, 0.25) is 0 Å². The Hall–Kier alpha value is -3.49. The molecular formula is C26H20BrNO5S. The van der Waals surface area contributed by atoms with E-state index in [1.54, 1.807) is 43.3 Å². The SMILES string of the molecule is CC(=O)c1c(C)oc2ccc(N(C(=O)C=Cc3ccccc3)S(=O)(=O)c3ccc(Br)cc3)cc12. The molecule has 172 valence electrons. The molecule has 6 nitrogen and oxygen atoms in total. The molecule has 8 heteroatoms. The van der Waals surface area contributed by atoms with Crippen LogP contribution in [0.3, 0.4) is 0 Å². The van der Waals surface area contributed by atoms with Crippen molar-refractivity contribution in [3.8, 4) is 0 Å². The van der Waals surface area contributed by atoms with Gasteiger partial charge in [-0.2, -0.15) is 4.31 Å². The molecule has 0 fully saturated rings. The normalized spacial score (nSPS) is 11.7. The summed E-state index contributed by atoms with van der Waals surface area (Å²) < 4.78 is 34.3. The molecule has 0 atom stereocenters. The van der Waals surface area contributed by atoms with Crippen molar-refractivity contribution in [1.29, 1.82) is 0 Å². The number of amides is 1. The number of nitrogens with zero attached hydrogens (tertiary/aromatic N) is 1. The number of carbonyl (C=O) groups excluding carboxylic acids is 2. The number of furan rings is 1. The predicted molar refractivity (Wildman–Crippen MR) is 135 cm³/mol. The third-order valence-corrected chi connectivity index (χ3v) is 7.47. The van der Waals surface area contributed by atoms with E-state index >= 15 is 0 Å². The molecule has 0 unspecified atom stereocenters. The number of hydrogen-bond acceptors (Lipinski definition) is 5. The first-order valence-electron chi connectivity index (χ1n) is 10.3. The van der Waals surface area contributed by atoms with E-state index in [0.29, 0.717) is 26.8 Å². The molecule has 0 saturated heterocycles. The minimum Gasteiger partial charge on any atom is -0.461 e. The van der Waals surface area contributed by atoms with E-state index in [9.17, 15) is 18.0 Å². The average molecular weight is 538 g/mol. The van der Waals surface area contributed by atoms with Crippen molar-refractivity contribution in [1.82, 2.24) is 0 Å². The highest BCUT2D eigenvalue weighted by molar-refractivity contribution is 9.10. The fraction of sp³-hybridized carbons (Fsp3) is 0.0769. The zero-order valence-corrected chi connectivity index (χ0v) is 20.8. The second kappa shape index (κ2) is 9.40. The van der Waals surface area contributed by atoms with Gasteiger partial charge in [-0.05, 0) is 68.0 Å². The molecule has 34 heavy (non-hydrogen) atoms. The van der Waals surface area contributed by atoms with Gasteiger partial charge in [-0.25, -0.2) is 8.42 Å². The van der Waals surface area contributed by atoms with Crippen LogP contribution in [0, 0.1) is 6.92 Å². The molecule has 1 amide bonds. The number of anilines is 1. The van der Waals surface area contributed by atoms with E-state index in [1.807, 2.05) is 18.2 Å². The highest BCUT2D eigenvalue weighted by atomic mass is 79.9. The Bertz CT molecular complexity index is 1520. The smallest absolute Gasteiger partial charge is 0.271 e. The van der Waals surface area contributed by atoms with Gasteiger partial charge in [0.25, 0.3) is 15.9 Å². The van der Waals surface area contributed by atoms with Gasteiger partial charge >= 0.3 is 0 Å². The topological polar surface area (TPSA) is 84.7 Å². The van der Waals surface area contributed by atoms with Crippen molar-refractivity contribution in [3.05, 3.63) is 100 Å². The quantitative estimate of drug-likeness (QED) is 0.218. The van der Waals surface area contributed by atoms with Crippen LogP contribution >= 0.6 is 15.9 Å². The third-order valence-electron chi connectivity index (χ3n) is 5.20. The van der Waals surface area contributed by atoms with Gasteiger partial charge in [0.1, 0.15) is 11.3 Å². The van der Waals surface area contributed by atoms with Gasteiger partial charge < -0.3 is 4.42 Å². The van der Waals surface area contributed by atoms with E-state index in [0.717, 1.165) is 9.87 Å². The van der Waals surface area contributed by atoms with Gasteiger partial charge in [0, 0.05) is 15.9 Å². The molecule has 3 aromatic carbocycles. The Morgan fingerprint density at radius 3 is 2.29 bits per heavy atom. The van der Waals surface area contributed by atoms with Crippen LogP contribution in [0.2, 0.25) is 0 Å². The lowest BCUT2D eigenvalue weighted by atomic mass is 10.1. The standard InChI is InChI=1S/C26H20BrNO5S/c1-17(29)26-18(2)33-24-14-11-21(16-23(24)26)28(25(30)15-8-19-6-4-3-5-7-19)34(31,32)22-12-9-20(27)10-13-22/h3-16H,1-2H3. The van der Waals surface area contributed by atoms with Gasteiger partial charge in [-0.3, -0.25) is 9.59 Å². The second-order valence-electron chi connectivity index (χ2n) is 7.58. The Morgan fingerprint density at radius 1 is 0.971 bits per heavy atom. The lowest BCUT2D eigenvalue weighted by Gasteiger charge is -2.21. The second-order valence-corrected chi connectivity index (χ2v) is 10.3. The van der Waals surface area contributed by atoms with Crippen molar-refractivity contribution in [2.24, 2.45) is 0 Å². The monoisotopic (exact) mass is 537 g/mol. The Labute approximate surface area is 205 Å². The molecule has 0 saturated carbocycles. The number of ketones is 1. The minimum atomic E-state index is -4.27. The lowest BCUT2D eigenvalue weighted by Crippen LogP contribution is -2.35. The Kier molecular flexibility index (Phi) is 6.54. The van der Waals surface area contributed by atoms with Crippen LogP contribution in [0.1, 0.15) is 28.6 Å². The summed E-state index contributed by atoms with van der Waals surface area (Å²) in [6.07, 6.45) is 2.76. The van der Waals surface area contributed by atoms with Crippen molar-refractivity contribution in [2.75, 3.05) is 4.31 Å². The average Bonchev–Trinajstić information content (AvgIpc) is 3.14. The van der Waals surface area contributed by atoms with Crippen molar-refractivity contribution in [3.63, 3.8) is 0 Å². The Balaban J connectivity index is 1.88. The number of fused-ring (bicyclic) bond motifs is 1. The van der Waals surface area contributed by atoms with Gasteiger partial charge in [-0.1, -0.05) is 46.3 Å². The number of carbonyl (C=O) groups is 2. The zero-order valence-electron chi connectivity index (χ0n) is 18.4. The van der Waals surface area contributed by atoms with Crippen molar-refractivity contribution in [2.45, 2.75) is 18.7 Å². The molecule has 0 radical (unpaired) electrons. The summed E-state index contributed by atoms with van der Waals surface area (Å²) in [6.45, 7) is 3.08. The maximum atomic E-state index is 13.6. The van der Waals surface area contributed by atoms with Crippen molar-refractivity contribution >= 4 is 60.4 Å². The van der Waals surface area contributed by atoms with Crippen LogP contribution in [0.5, 0.6) is 0 Å². The van der Waals surface area contributed by atoms with Crippen molar-refractivity contribution < 1.29 is 22.4 Å². The zero-order chi connectivity index (χ0) is 24.5. The lowest BCUT2D eigenvalue weighted by molar-refractivity contribution is -0.113. The van der Waals surface area contributed by atoms with Gasteiger partial charge in [0.15, 0.2) is 5.78 Å². The van der Waals surface area contributed by atoms with E-state index in [1.165, 1.54) is 37.3 Å². The number of aryl methyl sites for hydroxylation is 1. The van der Waals surface area contributed by atoms with E-state index < -0.39 is 15.9 Å². The number of hydrogen-bond donors (Lipinski definition) is 0. The first kappa shape index (κ1) is 23.7. The van der Waals surface area contributed by atoms with Crippen LogP contribution in [-0.4, -0.2) is 20.1 Å². The van der Waals surface area contributed by atoms with Gasteiger partial charge in [-0.15, -0.1) is 0 Å². The summed E-state index contributed by atoms with van der Waals surface area (Å²) in [5.41, 5.74) is 1.63. The number of sulfonamides is 1. The molecule has 0 N–H and O–H groups in total. The number of Topliss-reactive ketones (excluding diaryl/α,β-unsaturated/α-hetero) is 1. The molecule has 4 aromatic rings. The summed E-state index contributed by atoms with van der Waals surface area (Å²) in [4.78, 5) is 25.5. The van der Waals surface area contributed by atoms with Crippen LogP contribution in [0.25, 0.3) is 17.0 Å². The molecule has 1 heterocycles. The minimum absolute atomic E-state index is 0.0487. The number of rotatable bonds is 6. The third kappa shape index (κ3) is 4.60. The molecule has 1 aromatic heterocycles. The van der Waals surface area contributed by atoms with Gasteiger partial charge in [0.05, 0.1) is 16.1 Å². The summed E-state index contributed by atoms with van der Waals surface area (Å²) in [5, 5.41) is 0.443. The number of benzene rings is 3. The molecule has 0 bridgehead atoms. The van der Waals surface area contributed by atoms with Crippen LogP contribution in [0.4, 0.5) is 5.69 Å². The fourth-order valence-electron chi connectivity index (χ4n) is 3.67. The molecule has 0 aliphatic carbocycles. The maximum absolute atomic E-state index is 13.6. The van der Waals surface area contributed by atoms with Crippen LogP contribution < -0.4 is 4.31 Å². The summed E-state index contributed by atoms with van der Waals surface area (Å²) >= 11 is 3.30. The number of halogens is 1. The van der Waals surface area contributed by atoms with E-state index in [-0.39, 0.29) is 16.4 Å². The first-order valence-corrected chi connectivity index (χ1v) is 12.5. The molecule has 0 spiro atoms.